The molecule has 0 aromatic heterocycles. The van der Waals surface area contributed by atoms with Gasteiger partial charge in [-0.3, -0.25) is 14.9 Å². The number of hydrogen-bond acceptors (Lipinski definition) is 4. The van der Waals surface area contributed by atoms with Crippen LogP contribution in [0.3, 0.4) is 0 Å². The molecule has 0 heterocycles. The SMILES string of the molecule is CC(C#N)C(=O)Nc1c(F)cc(F)cc1[N+](=O)[O-]. The Kier molecular flexibility index (Phi) is 3.89. The molecule has 0 saturated carbocycles. The summed E-state index contributed by atoms with van der Waals surface area (Å²) in [6.07, 6.45) is 0. The maximum absolute atomic E-state index is 13.4. The summed E-state index contributed by atoms with van der Waals surface area (Å²) in [7, 11) is 0. The monoisotopic (exact) mass is 255 g/mol. The zero-order chi connectivity index (χ0) is 13.9. The highest BCUT2D eigenvalue weighted by Gasteiger charge is 2.24. The normalized spacial score (nSPS) is 11.4. The van der Waals surface area contributed by atoms with E-state index in [2.05, 4.69) is 0 Å². The molecule has 0 fully saturated rings. The standard InChI is InChI=1S/C10H7F2N3O3/c1-5(4-13)10(16)14-9-7(12)2-6(11)3-8(9)15(17)18/h2-3,5H,1H3,(H,14,16). The van der Waals surface area contributed by atoms with Crippen LogP contribution in [0, 0.1) is 39.0 Å². The number of nitrogens with zero attached hydrogens (tertiary/aromatic N) is 2. The quantitative estimate of drug-likeness (QED) is 0.659. The van der Waals surface area contributed by atoms with Gasteiger partial charge in [0.05, 0.1) is 17.1 Å². The van der Waals surface area contributed by atoms with Gasteiger partial charge in [-0.05, 0) is 6.92 Å². The van der Waals surface area contributed by atoms with E-state index in [9.17, 15) is 23.7 Å². The first-order chi connectivity index (χ1) is 8.36. The van der Waals surface area contributed by atoms with Gasteiger partial charge < -0.3 is 5.32 Å². The number of nitro groups is 1. The zero-order valence-corrected chi connectivity index (χ0v) is 9.11. The van der Waals surface area contributed by atoms with Crippen molar-refractivity contribution in [3.63, 3.8) is 0 Å². The number of halogens is 2. The van der Waals surface area contributed by atoms with Gasteiger partial charge in [0.25, 0.3) is 5.69 Å². The van der Waals surface area contributed by atoms with Crippen LogP contribution in [-0.4, -0.2) is 10.8 Å². The fourth-order valence-electron chi connectivity index (χ4n) is 1.12. The maximum Gasteiger partial charge on any atom is 0.298 e. The molecule has 1 amide bonds. The molecule has 0 spiro atoms. The molecule has 0 radical (unpaired) electrons. The van der Waals surface area contributed by atoms with Gasteiger partial charge in [-0.2, -0.15) is 5.26 Å². The second-order valence-electron chi connectivity index (χ2n) is 3.38. The number of anilines is 1. The van der Waals surface area contributed by atoms with Crippen molar-refractivity contribution in [2.75, 3.05) is 5.32 Å². The van der Waals surface area contributed by atoms with E-state index in [-0.39, 0.29) is 0 Å². The minimum atomic E-state index is -1.28. The Hall–Kier alpha value is -2.56. The fourth-order valence-corrected chi connectivity index (χ4v) is 1.12. The third-order valence-corrected chi connectivity index (χ3v) is 2.07. The van der Waals surface area contributed by atoms with Crippen LogP contribution in [0.1, 0.15) is 6.92 Å². The summed E-state index contributed by atoms with van der Waals surface area (Å²) in [4.78, 5) is 20.9. The average molecular weight is 255 g/mol. The molecule has 1 N–H and O–H groups in total. The number of rotatable bonds is 3. The van der Waals surface area contributed by atoms with E-state index in [0.717, 1.165) is 0 Å². The predicted octanol–water partition coefficient (Wildman–Crippen LogP) is 1.97. The summed E-state index contributed by atoms with van der Waals surface area (Å²) in [6, 6.07) is 2.47. The van der Waals surface area contributed by atoms with Gasteiger partial charge in [0.2, 0.25) is 5.91 Å². The van der Waals surface area contributed by atoms with Crippen molar-refractivity contribution in [3.8, 4) is 6.07 Å². The molecule has 1 aromatic carbocycles. The third kappa shape index (κ3) is 2.76. The molecule has 0 aliphatic rings. The minimum Gasteiger partial charge on any atom is -0.317 e. The number of nitriles is 1. The molecule has 1 atom stereocenters. The number of amides is 1. The van der Waals surface area contributed by atoms with Crippen molar-refractivity contribution >= 4 is 17.3 Å². The first-order valence-corrected chi connectivity index (χ1v) is 4.70. The Morgan fingerprint density at radius 1 is 1.56 bits per heavy atom. The van der Waals surface area contributed by atoms with E-state index >= 15 is 0 Å². The lowest BCUT2D eigenvalue weighted by Gasteiger charge is -2.08. The summed E-state index contributed by atoms with van der Waals surface area (Å²) in [5.74, 6) is -4.44. The number of nitrogens with one attached hydrogen (secondary N) is 1. The Balaban J connectivity index is 3.20. The number of nitro benzene ring substituents is 1. The van der Waals surface area contributed by atoms with Gasteiger partial charge >= 0.3 is 0 Å². The first-order valence-electron chi connectivity index (χ1n) is 4.70. The van der Waals surface area contributed by atoms with E-state index in [1.807, 2.05) is 5.32 Å². The molecule has 6 nitrogen and oxygen atoms in total. The summed E-state index contributed by atoms with van der Waals surface area (Å²) in [6.45, 7) is 1.24. The Morgan fingerprint density at radius 2 is 2.17 bits per heavy atom. The van der Waals surface area contributed by atoms with Crippen molar-refractivity contribution in [1.29, 1.82) is 5.26 Å². The van der Waals surface area contributed by atoms with Gasteiger partial charge in [0.1, 0.15) is 11.7 Å². The van der Waals surface area contributed by atoms with Crippen LogP contribution in [0.15, 0.2) is 12.1 Å². The second-order valence-corrected chi connectivity index (χ2v) is 3.38. The number of carbonyl (C=O) groups excluding carboxylic acids is 1. The largest absolute Gasteiger partial charge is 0.317 e. The van der Waals surface area contributed by atoms with Crippen LogP contribution in [0.25, 0.3) is 0 Å². The van der Waals surface area contributed by atoms with Gasteiger partial charge in [0.15, 0.2) is 11.5 Å². The Bertz CT molecular complexity index is 554. The summed E-state index contributed by atoms with van der Waals surface area (Å²) >= 11 is 0. The fraction of sp³-hybridized carbons (Fsp3) is 0.200. The molecule has 94 valence electrons. The van der Waals surface area contributed by atoms with E-state index < -0.39 is 39.8 Å². The molecule has 8 heteroatoms. The topological polar surface area (TPSA) is 96.0 Å². The van der Waals surface area contributed by atoms with E-state index in [0.29, 0.717) is 12.1 Å². The van der Waals surface area contributed by atoms with Crippen LogP contribution in [0.5, 0.6) is 0 Å². The Labute approximate surface area is 100.0 Å². The lowest BCUT2D eigenvalue weighted by atomic mass is 10.2. The van der Waals surface area contributed by atoms with Crippen LogP contribution >= 0.6 is 0 Å². The van der Waals surface area contributed by atoms with Crippen LogP contribution in [0.4, 0.5) is 20.2 Å². The van der Waals surface area contributed by atoms with Gasteiger partial charge in [0, 0.05) is 6.07 Å². The molecule has 1 unspecified atom stereocenters. The van der Waals surface area contributed by atoms with Gasteiger partial charge in [-0.15, -0.1) is 0 Å². The molecule has 1 aromatic rings. The molecule has 0 aliphatic carbocycles. The Morgan fingerprint density at radius 3 is 2.67 bits per heavy atom. The summed E-state index contributed by atoms with van der Waals surface area (Å²) in [5, 5.41) is 21.0. The first kappa shape index (κ1) is 13.5. The molecule has 0 saturated heterocycles. The number of carbonyl (C=O) groups is 1. The smallest absolute Gasteiger partial charge is 0.298 e. The van der Waals surface area contributed by atoms with E-state index in [1.165, 1.54) is 6.92 Å². The molecule has 0 bridgehead atoms. The van der Waals surface area contributed by atoms with Crippen LogP contribution < -0.4 is 5.32 Å². The maximum atomic E-state index is 13.4. The molecule has 0 aliphatic heterocycles. The number of hydrogen-bond donors (Lipinski definition) is 1. The van der Waals surface area contributed by atoms with Crippen molar-refractivity contribution in [3.05, 3.63) is 33.9 Å². The number of benzene rings is 1. The minimum absolute atomic E-state index is 0.402. The van der Waals surface area contributed by atoms with Crippen molar-refractivity contribution in [2.24, 2.45) is 5.92 Å². The molecular weight excluding hydrogens is 248 g/mol. The average Bonchev–Trinajstić information content (AvgIpc) is 2.30. The van der Waals surface area contributed by atoms with E-state index in [4.69, 9.17) is 5.26 Å². The van der Waals surface area contributed by atoms with E-state index in [1.54, 1.807) is 6.07 Å². The summed E-state index contributed by atoms with van der Waals surface area (Å²) < 4.78 is 26.2. The zero-order valence-electron chi connectivity index (χ0n) is 9.11. The molecule has 1 rings (SSSR count). The molecule has 18 heavy (non-hydrogen) atoms. The van der Waals surface area contributed by atoms with Crippen LogP contribution in [0.2, 0.25) is 0 Å². The van der Waals surface area contributed by atoms with Gasteiger partial charge in [-0.1, -0.05) is 0 Å². The lowest BCUT2D eigenvalue weighted by Crippen LogP contribution is -2.20. The predicted molar refractivity (Wildman–Crippen MR) is 56.4 cm³/mol. The lowest BCUT2D eigenvalue weighted by molar-refractivity contribution is -0.384. The highest BCUT2D eigenvalue weighted by Crippen LogP contribution is 2.28. The van der Waals surface area contributed by atoms with Crippen LogP contribution in [-0.2, 0) is 4.79 Å². The van der Waals surface area contributed by atoms with Crippen molar-refractivity contribution in [1.82, 2.24) is 0 Å². The highest BCUT2D eigenvalue weighted by atomic mass is 19.1. The van der Waals surface area contributed by atoms with Crippen molar-refractivity contribution in [2.45, 2.75) is 6.92 Å². The second kappa shape index (κ2) is 5.18. The third-order valence-electron chi connectivity index (χ3n) is 2.07. The van der Waals surface area contributed by atoms with Gasteiger partial charge in [-0.25, -0.2) is 8.78 Å². The van der Waals surface area contributed by atoms with Crippen molar-refractivity contribution < 1.29 is 18.5 Å². The highest BCUT2D eigenvalue weighted by molar-refractivity contribution is 5.95. The summed E-state index contributed by atoms with van der Waals surface area (Å²) in [5.41, 5.74) is -1.67. The molecular formula is C10H7F2N3O3.